The number of carbonyl (C=O) groups is 4. The second kappa shape index (κ2) is 9.89. The third-order valence-corrected chi connectivity index (χ3v) is 2.49. The number of ether oxygens (including phenoxy) is 4. The van der Waals surface area contributed by atoms with E-state index >= 15 is 0 Å². The molecule has 0 rings (SSSR count). The number of halogens is 4. The van der Waals surface area contributed by atoms with Crippen LogP contribution in [0, 0.1) is 0 Å². The van der Waals surface area contributed by atoms with Gasteiger partial charge in [0.1, 0.15) is 12.7 Å². The summed E-state index contributed by atoms with van der Waals surface area (Å²) in [6.07, 6.45) is -15.5. The van der Waals surface area contributed by atoms with Crippen molar-refractivity contribution in [2.75, 3.05) is 6.61 Å². The molecule has 0 saturated carbocycles. The van der Waals surface area contributed by atoms with Crippen LogP contribution in [0.15, 0.2) is 0 Å². The van der Waals surface area contributed by atoms with E-state index in [-0.39, 0.29) is 0 Å². The zero-order valence-corrected chi connectivity index (χ0v) is 13.7. The van der Waals surface area contributed by atoms with Gasteiger partial charge >= 0.3 is 30.2 Å². The first-order valence-corrected chi connectivity index (χ1v) is 6.84. The van der Waals surface area contributed by atoms with E-state index in [1.807, 2.05) is 0 Å². The minimum Gasteiger partial charge on any atom is -0.463 e. The fourth-order valence-electron chi connectivity index (χ4n) is 1.64. The first-order chi connectivity index (χ1) is 11.7. The predicted octanol–water partition coefficient (Wildman–Crippen LogP) is 0.175. The lowest BCUT2D eigenvalue weighted by Crippen LogP contribution is -2.52. The van der Waals surface area contributed by atoms with E-state index in [0.717, 1.165) is 20.8 Å². The standard InChI is InChI=1S/C13H16F4O9/c1-5(18)23-4-8(21)10(24-6(2)19)11(25-7(3)20)9(14)12(22)26-13(15,16)17/h8-11,21H,4H2,1-3H3/t8-,9-,10-,11-/m1/s1. The van der Waals surface area contributed by atoms with Gasteiger partial charge < -0.3 is 24.1 Å². The van der Waals surface area contributed by atoms with Crippen LogP contribution in [-0.2, 0) is 38.1 Å². The van der Waals surface area contributed by atoms with Crippen molar-refractivity contribution in [1.29, 1.82) is 0 Å². The van der Waals surface area contributed by atoms with Crippen molar-refractivity contribution >= 4 is 23.9 Å². The SMILES string of the molecule is CC(=O)OC[C@@H](O)[C@@H](OC(C)=O)[C@H](OC(C)=O)[C@@H](F)C(=O)OC(F)(F)F. The average Bonchev–Trinajstić information content (AvgIpc) is 2.45. The van der Waals surface area contributed by atoms with Crippen molar-refractivity contribution in [3.8, 4) is 0 Å². The van der Waals surface area contributed by atoms with E-state index in [4.69, 9.17) is 0 Å². The van der Waals surface area contributed by atoms with Gasteiger partial charge in [-0.1, -0.05) is 0 Å². The second-order valence-corrected chi connectivity index (χ2v) is 4.79. The van der Waals surface area contributed by atoms with Gasteiger partial charge in [0.2, 0.25) is 6.17 Å². The number of carbonyl (C=O) groups excluding carboxylic acids is 4. The van der Waals surface area contributed by atoms with Gasteiger partial charge in [-0.15, -0.1) is 13.2 Å². The summed E-state index contributed by atoms with van der Waals surface area (Å²) in [5.41, 5.74) is 0. The van der Waals surface area contributed by atoms with E-state index in [2.05, 4.69) is 18.9 Å². The van der Waals surface area contributed by atoms with Crippen LogP contribution >= 0.6 is 0 Å². The highest BCUT2D eigenvalue weighted by atomic mass is 19.4. The van der Waals surface area contributed by atoms with E-state index in [1.165, 1.54) is 0 Å². The third kappa shape index (κ3) is 9.15. The topological polar surface area (TPSA) is 125 Å². The lowest BCUT2D eigenvalue weighted by Gasteiger charge is -2.30. The summed E-state index contributed by atoms with van der Waals surface area (Å²) in [5, 5.41) is 9.87. The minimum atomic E-state index is -5.53. The first-order valence-electron chi connectivity index (χ1n) is 6.84. The fraction of sp³-hybridized carbons (Fsp3) is 0.692. The number of hydrogen-bond donors (Lipinski definition) is 1. The molecule has 9 nitrogen and oxygen atoms in total. The van der Waals surface area contributed by atoms with Gasteiger partial charge in [-0.2, -0.15) is 0 Å². The third-order valence-electron chi connectivity index (χ3n) is 2.49. The molecule has 0 aliphatic carbocycles. The maximum Gasteiger partial charge on any atom is 0.575 e. The molecule has 0 amide bonds. The Balaban J connectivity index is 5.59. The summed E-state index contributed by atoms with van der Waals surface area (Å²) in [5.74, 6) is -5.83. The molecule has 0 aromatic rings. The maximum atomic E-state index is 14.1. The molecule has 0 spiro atoms. The smallest absolute Gasteiger partial charge is 0.463 e. The van der Waals surface area contributed by atoms with Gasteiger partial charge in [-0.05, 0) is 0 Å². The summed E-state index contributed by atoms with van der Waals surface area (Å²) in [7, 11) is 0. The van der Waals surface area contributed by atoms with Gasteiger partial charge in [0, 0.05) is 20.8 Å². The Hall–Kier alpha value is -2.44. The number of alkyl halides is 4. The lowest BCUT2D eigenvalue weighted by atomic mass is 10.0. The molecule has 0 aromatic carbocycles. The zero-order chi connectivity index (χ0) is 20.7. The number of rotatable bonds is 8. The van der Waals surface area contributed by atoms with E-state index < -0.39 is 61.3 Å². The highest BCUT2D eigenvalue weighted by molar-refractivity contribution is 5.77. The van der Waals surface area contributed by atoms with Crippen LogP contribution in [0.1, 0.15) is 20.8 Å². The monoisotopic (exact) mass is 392 g/mol. The Kier molecular flexibility index (Phi) is 8.96. The molecular formula is C13H16F4O9. The molecule has 0 fully saturated rings. The summed E-state index contributed by atoms with van der Waals surface area (Å²) in [6.45, 7) is 1.55. The normalized spacial score (nSPS) is 15.8. The highest BCUT2D eigenvalue weighted by Gasteiger charge is 2.47. The van der Waals surface area contributed by atoms with Crippen molar-refractivity contribution in [3.05, 3.63) is 0 Å². The highest BCUT2D eigenvalue weighted by Crippen LogP contribution is 2.23. The predicted molar refractivity (Wildman–Crippen MR) is 70.8 cm³/mol. The van der Waals surface area contributed by atoms with Crippen LogP contribution in [0.25, 0.3) is 0 Å². The molecule has 0 radical (unpaired) electrons. The van der Waals surface area contributed by atoms with Crippen molar-refractivity contribution in [1.82, 2.24) is 0 Å². The Labute approximate surface area is 144 Å². The summed E-state index contributed by atoms with van der Waals surface area (Å²) >= 11 is 0. The van der Waals surface area contributed by atoms with E-state index in [1.54, 1.807) is 0 Å². The van der Waals surface area contributed by atoms with E-state index in [9.17, 15) is 41.8 Å². The van der Waals surface area contributed by atoms with Crippen LogP contribution < -0.4 is 0 Å². The Bertz CT molecular complexity index is 534. The summed E-state index contributed by atoms with van der Waals surface area (Å²) < 4.78 is 66.5. The molecule has 4 atom stereocenters. The van der Waals surface area contributed by atoms with Crippen LogP contribution in [-0.4, -0.2) is 66.4 Å². The zero-order valence-electron chi connectivity index (χ0n) is 13.7. The van der Waals surface area contributed by atoms with Gasteiger partial charge in [-0.25, -0.2) is 9.18 Å². The number of hydrogen-bond acceptors (Lipinski definition) is 9. The van der Waals surface area contributed by atoms with Crippen molar-refractivity contribution < 1.29 is 60.8 Å². The largest absolute Gasteiger partial charge is 0.575 e. The van der Waals surface area contributed by atoms with Gasteiger partial charge in [0.15, 0.2) is 12.2 Å². The Morgan fingerprint density at radius 3 is 1.77 bits per heavy atom. The molecule has 0 aliphatic heterocycles. The number of aliphatic hydroxyl groups is 1. The van der Waals surface area contributed by atoms with Crippen LogP contribution in [0.5, 0.6) is 0 Å². The number of aliphatic hydroxyl groups excluding tert-OH is 1. The van der Waals surface area contributed by atoms with Crippen molar-refractivity contribution in [3.63, 3.8) is 0 Å². The van der Waals surface area contributed by atoms with Gasteiger partial charge in [0.05, 0.1) is 0 Å². The summed E-state index contributed by atoms with van der Waals surface area (Å²) in [6, 6.07) is 0. The second-order valence-electron chi connectivity index (χ2n) is 4.79. The first kappa shape index (κ1) is 23.6. The van der Waals surface area contributed by atoms with Crippen molar-refractivity contribution in [2.45, 2.75) is 51.6 Å². The molecular weight excluding hydrogens is 376 g/mol. The van der Waals surface area contributed by atoms with Gasteiger partial charge in [-0.3, -0.25) is 14.4 Å². The molecule has 150 valence electrons. The molecule has 0 aromatic heterocycles. The molecule has 0 aliphatic rings. The average molecular weight is 392 g/mol. The van der Waals surface area contributed by atoms with Gasteiger partial charge in [0.25, 0.3) is 0 Å². The van der Waals surface area contributed by atoms with Crippen LogP contribution in [0.4, 0.5) is 17.6 Å². The van der Waals surface area contributed by atoms with Crippen LogP contribution in [0.3, 0.4) is 0 Å². The Morgan fingerprint density at radius 2 is 1.38 bits per heavy atom. The molecule has 0 saturated heterocycles. The lowest BCUT2D eigenvalue weighted by molar-refractivity contribution is -0.309. The molecule has 0 unspecified atom stereocenters. The fourth-order valence-corrected chi connectivity index (χ4v) is 1.64. The molecule has 1 N–H and O–H groups in total. The molecule has 26 heavy (non-hydrogen) atoms. The number of esters is 4. The molecule has 13 heteroatoms. The van der Waals surface area contributed by atoms with E-state index in [0.29, 0.717) is 0 Å². The minimum absolute atomic E-state index is 0.720. The van der Waals surface area contributed by atoms with Crippen molar-refractivity contribution in [2.24, 2.45) is 0 Å². The van der Waals surface area contributed by atoms with Crippen LogP contribution in [0.2, 0.25) is 0 Å². The maximum absolute atomic E-state index is 14.1. The summed E-state index contributed by atoms with van der Waals surface area (Å²) in [4.78, 5) is 44.2. The Morgan fingerprint density at radius 1 is 0.923 bits per heavy atom. The molecule has 0 heterocycles. The molecule has 0 bridgehead atoms. The quantitative estimate of drug-likeness (QED) is 0.350.